The van der Waals surface area contributed by atoms with E-state index in [0.717, 1.165) is 5.92 Å². The average Bonchev–Trinajstić information content (AvgIpc) is 2.63. The molecular weight excluding hydrogens is 328 g/mol. The summed E-state index contributed by atoms with van der Waals surface area (Å²) in [6.07, 6.45) is 5.26. The Kier molecular flexibility index (Phi) is 3.54. The first-order valence-corrected chi connectivity index (χ1v) is 9.71. The highest BCUT2D eigenvalue weighted by Gasteiger charge is 2.50. The Morgan fingerprint density at radius 3 is 2.45 bits per heavy atom. The second-order valence-electron chi connectivity index (χ2n) is 8.28. The summed E-state index contributed by atoms with van der Waals surface area (Å²) in [6.45, 7) is 14.7. The first kappa shape index (κ1) is 15.2. The Bertz CT molecular complexity index is 498. The minimum atomic E-state index is 0.371. The zero-order valence-electron chi connectivity index (χ0n) is 13.6. The molecule has 0 spiro atoms. The summed E-state index contributed by atoms with van der Waals surface area (Å²) in [5.74, 6) is 1.41. The van der Waals surface area contributed by atoms with Crippen molar-refractivity contribution in [3.63, 3.8) is 0 Å². The largest absolute Gasteiger partial charge is 0.125 e. The van der Waals surface area contributed by atoms with Crippen molar-refractivity contribution >= 4 is 27.7 Å². The van der Waals surface area contributed by atoms with Crippen molar-refractivity contribution in [2.45, 2.75) is 64.5 Å². The Hall–Kier alpha value is 0.310. The Balaban J connectivity index is 2.12. The summed E-state index contributed by atoms with van der Waals surface area (Å²) in [4.78, 5) is 2.21. The summed E-state index contributed by atoms with van der Waals surface area (Å²) in [5, 5.41) is 0.672. The van der Waals surface area contributed by atoms with E-state index in [2.05, 4.69) is 75.3 Å². The maximum Gasteiger partial charge on any atom is 0.0522 e. The summed E-state index contributed by atoms with van der Waals surface area (Å²) in [6, 6.07) is 0. The molecule has 0 amide bonds. The van der Waals surface area contributed by atoms with E-state index in [1.54, 1.807) is 16.1 Å². The fourth-order valence-electron chi connectivity index (χ4n) is 4.56. The second kappa shape index (κ2) is 4.65. The van der Waals surface area contributed by atoms with Gasteiger partial charge in [-0.3, -0.25) is 0 Å². The van der Waals surface area contributed by atoms with Crippen LogP contribution >= 0.6 is 27.7 Å². The van der Waals surface area contributed by atoms with Gasteiger partial charge in [-0.05, 0) is 46.0 Å². The van der Waals surface area contributed by atoms with E-state index in [9.17, 15) is 0 Å². The van der Waals surface area contributed by atoms with Crippen LogP contribution in [0.15, 0.2) is 22.1 Å². The number of allylic oxidation sites excluding steroid dienone is 4. The van der Waals surface area contributed by atoms with Gasteiger partial charge in [-0.2, -0.15) is 0 Å². The molecule has 3 aliphatic rings. The van der Waals surface area contributed by atoms with E-state index in [1.165, 1.54) is 12.8 Å². The molecule has 0 N–H and O–H groups in total. The van der Waals surface area contributed by atoms with Gasteiger partial charge in [0.25, 0.3) is 0 Å². The molecular formula is C18H27BrS. The first-order chi connectivity index (χ1) is 9.15. The first-order valence-electron chi connectivity index (χ1n) is 7.92. The van der Waals surface area contributed by atoms with Crippen LogP contribution in [0.5, 0.6) is 0 Å². The Morgan fingerprint density at radius 2 is 1.80 bits per heavy atom. The lowest BCUT2D eigenvalue weighted by Gasteiger charge is -2.52. The summed E-state index contributed by atoms with van der Waals surface area (Å²) in [5.41, 5.74) is 4.12. The number of hydrogen-bond acceptors (Lipinski definition) is 1. The zero-order chi connectivity index (χ0) is 14.9. The Labute approximate surface area is 137 Å². The van der Waals surface area contributed by atoms with Crippen molar-refractivity contribution in [2.75, 3.05) is 0 Å². The van der Waals surface area contributed by atoms with Crippen LogP contribution in [-0.4, -0.2) is 10.1 Å². The van der Waals surface area contributed by atoms with Gasteiger partial charge in [0.05, 0.1) is 4.83 Å². The van der Waals surface area contributed by atoms with E-state index in [1.807, 2.05) is 0 Å². The van der Waals surface area contributed by atoms with Gasteiger partial charge in [0, 0.05) is 5.25 Å². The molecule has 1 aliphatic heterocycles. The molecule has 0 aromatic heterocycles. The molecule has 0 aromatic carbocycles. The molecule has 3 rings (SSSR count). The van der Waals surface area contributed by atoms with Crippen LogP contribution in [0, 0.1) is 22.7 Å². The highest BCUT2D eigenvalue weighted by Crippen LogP contribution is 2.62. The topological polar surface area (TPSA) is 0 Å². The Morgan fingerprint density at radius 1 is 1.15 bits per heavy atom. The van der Waals surface area contributed by atoms with E-state index in [0.29, 0.717) is 26.8 Å². The van der Waals surface area contributed by atoms with Gasteiger partial charge < -0.3 is 0 Å². The molecule has 0 bridgehead atoms. The lowest BCUT2D eigenvalue weighted by Crippen LogP contribution is -2.43. The van der Waals surface area contributed by atoms with Crippen molar-refractivity contribution in [3.8, 4) is 0 Å². The van der Waals surface area contributed by atoms with Crippen molar-refractivity contribution < 1.29 is 0 Å². The average molecular weight is 355 g/mol. The number of alkyl halides is 1. The fourth-order valence-corrected chi connectivity index (χ4v) is 6.76. The molecule has 0 radical (unpaired) electrons. The third-order valence-electron chi connectivity index (χ3n) is 5.88. The van der Waals surface area contributed by atoms with Crippen molar-refractivity contribution in [2.24, 2.45) is 22.7 Å². The van der Waals surface area contributed by atoms with Crippen molar-refractivity contribution in [3.05, 3.63) is 22.1 Å². The summed E-state index contributed by atoms with van der Waals surface area (Å²) >= 11 is 6.04. The van der Waals surface area contributed by atoms with Gasteiger partial charge in [-0.15, -0.1) is 11.8 Å². The van der Waals surface area contributed by atoms with E-state index < -0.39 is 0 Å². The van der Waals surface area contributed by atoms with Crippen molar-refractivity contribution in [1.82, 2.24) is 0 Å². The number of fused-ring (bicyclic) bond motifs is 1. The monoisotopic (exact) mass is 354 g/mol. The maximum absolute atomic E-state index is 3.93. The second-order valence-corrected chi connectivity index (χ2v) is 10.7. The minimum absolute atomic E-state index is 0.371. The molecule has 4 unspecified atom stereocenters. The molecule has 0 aromatic rings. The van der Waals surface area contributed by atoms with Crippen LogP contribution in [0.1, 0.15) is 54.4 Å². The van der Waals surface area contributed by atoms with E-state index >= 15 is 0 Å². The van der Waals surface area contributed by atoms with Crippen LogP contribution < -0.4 is 0 Å². The minimum Gasteiger partial charge on any atom is -0.125 e. The normalized spacial score (nSPS) is 42.0. The van der Waals surface area contributed by atoms with Gasteiger partial charge in [-0.1, -0.05) is 69.1 Å². The number of hydrogen-bond donors (Lipinski definition) is 0. The third kappa shape index (κ3) is 2.08. The lowest BCUT2D eigenvalue weighted by atomic mass is 9.53. The lowest BCUT2D eigenvalue weighted by molar-refractivity contribution is 0.0957. The van der Waals surface area contributed by atoms with Crippen LogP contribution in [0.25, 0.3) is 0 Å². The molecule has 0 saturated heterocycles. The van der Waals surface area contributed by atoms with Gasteiger partial charge in [0.2, 0.25) is 0 Å². The molecule has 1 heterocycles. The van der Waals surface area contributed by atoms with E-state index in [4.69, 9.17) is 0 Å². The summed E-state index contributed by atoms with van der Waals surface area (Å²) in [7, 11) is 0. The molecule has 1 saturated carbocycles. The van der Waals surface area contributed by atoms with Gasteiger partial charge >= 0.3 is 0 Å². The molecule has 2 aliphatic carbocycles. The van der Waals surface area contributed by atoms with Crippen LogP contribution in [-0.2, 0) is 0 Å². The number of rotatable bonds is 0. The van der Waals surface area contributed by atoms with Crippen LogP contribution in [0.4, 0.5) is 0 Å². The van der Waals surface area contributed by atoms with Crippen LogP contribution in [0.2, 0.25) is 0 Å². The maximum atomic E-state index is 3.93. The molecule has 0 nitrogen and oxygen atoms in total. The molecule has 2 heteroatoms. The zero-order valence-corrected chi connectivity index (χ0v) is 16.0. The standard InChI is InChI=1S/C18H27BrS/c1-10-14-13(17(3,4)7-8-18(14,5)6)9-12-15(19)11(2)20-16(10)12/h9-11,14-15H,7-8H2,1-6H3. The number of halogens is 1. The number of thioether (sulfide) groups is 1. The quantitative estimate of drug-likeness (QED) is 0.468. The molecule has 4 atom stereocenters. The molecule has 1 fully saturated rings. The SMILES string of the molecule is CC1SC2=C(C=C3C(C2C)C(C)(C)CCC3(C)C)C1Br. The predicted octanol–water partition coefficient (Wildman–Crippen LogP) is 6.18. The van der Waals surface area contributed by atoms with E-state index in [-0.39, 0.29) is 0 Å². The van der Waals surface area contributed by atoms with Crippen molar-refractivity contribution in [1.29, 1.82) is 0 Å². The van der Waals surface area contributed by atoms with Gasteiger partial charge in [-0.25, -0.2) is 0 Å². The molecule has 20 heavy (non-hydrogen) atoms. The smallest absolute Gasteiger partial charge is 0.0522 e. The molecule has 112 valence electrons. The third-order valence-corrected chi connectivity index (χ3v) is 9.03. The highest BCUT2D eigenvalue weighted by molar-refractivity contribution is 9.09. The van der Waals surface area contributed by atoms with Gasteiger partial charge in [0.1, 0.15) is 0 Å². The predicted molar refractivity (Wildman–Crippen MR) is 94.3 cm³/mol. The summed E-state index contributed by atoms with van der Waals surface area (Å²) < 4.78 is 0. The van der Waals surface area contributed by atoms with Gasteiger partial charge in [0.15, 0.2) is 0 Å². The fraction of sp³-hybridized carbons (Fsp3) is 0.778. The highest BCUT2D eigenvalue weighted by atomic mass is 79.9. The van der Waals surface area contributed by atoms with Crippen LogP contribution in [0.3, 0.4) is 0 Å².